The van der Waals surface area contributed by atoms with Gasteiger partial charge >= 0.3 is 0 Å². The highest BCUT2D eigenvalue weighted by molar-refractivity contribution is 5.94. The quantitative estimate of drug-likeness (QED) is 0.573. The van der Waals surface area contributed by atoms with E-state index in [1.54, 1.807) is 36.6 Å². The molecule has 0 saturated heterocycles. The Labute approximate surface area is 118 Å². The largest absolute Gasteiger partial charge is 0.502 e. The number of hydrogen-bond donors (Lipinski definition) is 1. The summed E-state index contributed by atoms with van der Waals surface area (Å²) in [7, 11) is 0. The van der Waals surface area contributed by atoms with Crippen LogP contribution in [0, 0.1) is 0 Å². The van der Waals surface area contributed by atoms with Crippen LogP contribution in [0.3, 0.4) is 0 Å². The molecule has 1 N–H and O–H groups in total. The molecule has 4 rings (SSSR count). The van der Waals surface area contributed by atoms with Crippen LogP contribution in [0.2, 0.25) is 0 Å². The minimum atomic E-state index is -0.464. The fourth-order valence-corrected chi connectivity index (χ4v) is 2.42. The van der Waals surface area contributed by atoms with Crippen LogP contribution in [-0.4, -0.2) is 5.11 Å². The lowest BCUT2D eigenvalue weighted by atomic mass is 10.1. The van der Waals surface area contributed by atoms with Gasteiger partial charge in [-0.25, -0.2) is 0 Å². The summed E-state index contributed by atoms with van der Waals surface area (Å²) in [5.74, 6) is -0.212. The molecule has 102 valence electrons. The number of aromatic hydroxyl groups is 1. The van der Waals surface area contributed by atoms with Crippen molar-refractivity contribution in [1.82, 2.24) is 0 Å². The Kier molecular flexibility index (Phi) is 2.38. The molecule has 4 heteroatoms. The first-order valence-corrected chi connectivity index (χ1v) is 6.46. The average Bonchev–Trinajstić information content (AvgIpc) is 2.97. The molecule has 2 heterocycles. The van der Waals surface area contributed by atoms with Gasteiger partial charge in [0, 0.05) is 10.9 Å². The molecule has 0 saturated carbocycles. The van der Waals surface area contributed by atoms with Crippen molar-refractivity contribution >= 4 is 21.9 Å². The van der Waals surface area contributed by atoms with Crippen LogP contribution in [0.25, 0.3) is 33.3 Å². The topological polar surface area (TPSA) is 63.6 Å². The fourth-order valence-electron chi connectivity index (χ4n) is 2.42. The summed E-state index contributed by atoms with van der Waals surface area (Å²) in [5, 5.41) is 11.3. The van der Waals surface area contributed by atoms with Crippen molar-refractivity contribution in [1.29, 1.82) is 0 Å². The van der Waals surface area contributed by atoms with E-state index >= 15 is 0 Å². The molecule has 0 amide bonds. The van der Waals surface area contributed by atoms with Crippen LogP contribution in [0.5, 0.6) is 5.75 Å². The molecule has 0 aliphatic rings. The van der Waals surface area contributed by atoms with Gasteiger partial charge in [-0.3, -0.25) is 4.79 Å². The zero-order valence-corrected chi connectivity index (χ0v) is 10.9. The molecule has 2 aromatic heterocycles. The van der Waals surface area contributed by atoms with E-state index in [1.807, 2.05) is 18.2 Å². The number of rotatable bonds is 1. The lowest BCUT2D eigenvalue weighted by molar-refractivity contribution is 0.449. The second kappa shape index (κ2) is 4.24. The van der Waals surface area contributed by atoms with Crippen molar-refractivity contribution < 1.29 is 13.9 Å². The molecule has 0 spiro atoms. The van der Waals surface area contributed by atoms with E-state index in [4.69, 9.17) is 8.83 Å². The molecule has 21 heavy (non-hydrogen) atoms. The van der Waals surface area contributed by atoms with Gasteiger partial charge in [-0.15, -0.1) is 0 Å². The molecule has 4 nitrogen and oxygen atoms in total. The van der Waals surface area contributed by atoms with Gasteiger partial charge in [0.15, 0.2) is 5.76 Å². The van der Waals surface area contributed by atoms with E-state index in [1.165, 1.54) is 0 Å². The van der Waals surface area contributed by atoms with E-state index in [9.17, 15) is 9.90 Å². The number of furan rings is 1. The predicted molar refractivity (Wildman–Crippen MR) is 79.4 cm³/mol. The Morgan fingerprint density at radius 2 is 1.76 bits per heavy atom. The van der Waals surface area contributed by atoms with E-state index in [0.717, 1.165) is 5.39 Å². The standard InChI is InChI=1S/C17H10O4/c18-15-12-9-13-11(6-7-20-13)8-14(12)21-17(16(15)19)10-4-2-1-3-5-10/h1-9,19H. The van der Waals surface area contributed by atoms with Crippen LogP contribution in [-0.2, 0) is 0 Å². The van der Waals surface area contributed by atoms with E-state index in [2.05, 4.69) is 0 Å². The molecule has 2 aromatic carbocycles. The molecule has 0 radical (unpaired) electrons. The number of benzene rings is 2. The van der Waals surface area contributed by atoms with Crippen molar-refractivity contribution in [2.24, 2.45) is 0 Å². The van der Waals surface area contributed by atoms with E-state index in [0.29, 0.717) is 22.1 Å². The zero-order valence-electron chi connectivity index (χ0n) is 10.9. The lowest BCUT2D eigenvalue weighted by Gasteiger charge is -2.05. The van der Waals surface area contributed by atoms with Gasteiger partial charge in [0.05, 0.1) is 11.6 Å². The normalized spacial score (nSPS) is 11.2. The highest BCUT2D eigenvalue weighted by Crippen LogP contribution is 2.31. The third kappa shape index (κ3) is 1.73. The second-order valence-electron chi connectivity index (χ2n) is 4.78. The first-order chi connectivity index (χ1) is 10.2. The molecule has 0 bridgehead atoms. The van der Waals surface area contributed by atoms with Gasteiger partial charge in [-0.05, 0) is 18.2 Å². The molecular formula is C17H10O4. The SMILES string of the molecule is O=c1c(O)c(-c2ccccc2)oc2cc3ccoc3cc12. The number of hydrogen-bond acceptors (Lipinski definition) is 4. The van der Waals surface area contributed by atoms with Crippen molar-refractivity contribution in [2.45, 2.75) is 0 Å². The van der Waals surface area contributed by atoms with Crippen LogP contribution < -0.4 is 5.43 Å². The first-order valence-electron chi connectivity index (χ1n) is 6.46. The Morgan fingerprint density at radius 3 is 2.57 bits per heavy atom. The molecule has 0 atom stereocenters. The summed E-state index contributed by atoms with van der Waals surface area (Å²) in [4.78, 5) is 12.3. The van der Waals surface area contributed by atoms with Gasteiger partial charge in [0.1, 0.15) is 11.2 Å². The minimum Gasteiger partial charge on any atom is -0.502 e. The maximum absolute atomic E-state index is 12.3. The zero-order chi connectivity index (χ0) is 14.4. The van der Waals surface area contributed by atoms with Crippen LogP contribution in [0.1, 0.15) is 0 Å². The Balaban J connectivity index is 2.12. The number of fused-ring (bicyclic) bond motifs is 2. The Morgan fingerprint density at radius 1 is 0.952 bits per heavy atom. The predicted octanol–water partition coefficient (Wildman–Crippen LogP) is 3.91. The van der Waals surface area contributed by atoms with Crippen molar-refractivity contribution in [3.8, 4) is 17.1 Å². The summed E-state index contributed by atoms with van der Waals surface area (Å²) in [6.07, 6.45) is 1.55. The summed E-state index contributed by atoms with van der Waals surface area (Å²) in [6.45, 7) is 0. The maximum atomic E-state index is 12.3. The summed E-state index contributed by atoms with van der Waals surface area (Å²) in [6, 6.07) is 14.2. The van der Waals surface area contributed by atoms with E-state index < -0.39 is 5.43 Å². The Hall–Kier alpha value is -3.01. The third-order valence-electron chi connectivity index (χ3n) is 3.48. The van der Waals surface area contributed by atoms with E-state index in [-0.39, 0.29) is 11.5 Å². The van der Waals surface area contributed by atoms with Crippen molar-refractivity contribution in [3.05, 3.63) is 65.0 Å². The summed E-state index contributed by atoms with van der Waals surface area (Å²) in [5.41, 5.74) is 1.20. The fraction of sp³-hybridized carbons (Fsp3) is 0. The van der Waals surface area contributed by atoms with Gasteiger partial charge in [0.2, 0.25) is 11.2 Å². The first kappa shape index (κ1) is 11.8. The molecule has 0 aliphatic heterocycles. The lowest BCUT2D eigenvalue weighted by Crippen LogP contribution is -2.02. The highest BCUT2D eigenvalue weighted by Gasteiger charge is 2.16. The van der Waals surface area contributed by atoms with Gasteiger partial charge in [-0.1, -0.05) is 30.3 Å². The van der Waals surface area contributed by atoms with Crippen molar-refractivity contribution in [2.75, 3.05) is 0 Å². The van der Waals surface area contributed by atoms with Crippen LogP contribution in [0.4, 0.5) is 0 Å². The molecular weight excluding hydrogens is 268 g/mol. The average molecular weight is 278 g/mol. The summed E-state index contributed by atoms with van der Waals surface area (Å²) >= 11 is 0. The van der Waals surface area contributed by atoms with Crippen LogP contribution >= 0.6 is 0 Å². The monoisotopic (exact) mass is 278 g/mol. The smallest absolute Gasteiger partial charge is 0.235 e. The van der Waals surface area contributed by atoms with Gasteiger partial charge in [0.25, 0.3) is 0 Å². The van der Waals surface area contributed by atoms with Crippen molar-refractivity contribution in [3.63, 3.8) is 0 Å². The van der Waals surface area contributed by atoms with Gasteiger partial charge in [-0.2, -0.15) is 0 Å². The Bertz CT molecular complexity index is 1010. The minimum absolute atomic E-state index is 0.177. The second-order valence-corrected chi connectivity index (χ2v) is 4.78. The maximum Gasteiger partial charge on any atom is 0.235 e. The summed E-state index contributed by atoms with van der Waals surface area (Å²) < 4.78 is 11.0. The molecule has 4 aromatic rings. The molecule has 0 unspecified atom stereocenters. The molecule has 0 aliphatic carbocycles. The van der Waals surface area contributed by atoms with Gasteiger partial charge < -0.3 is 13.9 Å². The highest BCUT2D eigenvalue weighted by atomic mass is 16.4. The molecule has 0 fully saturated rings. The third-order valence-corrected chi connectivity index (χ3v) is 3.48. The van der Waals surface area contributed by atoms with Crippen LogP contribution in [0.15, 0.2) is 68.4 Å².